The lowest BCUT2D eigenvalue weighted by molar-refractivity contribution is -0.123. The van der Waals surface area contributed by atoms with Gasteiger partial charge in [0.05, 0.1) is 0 Å². The highest BCUT2D eigenvalue weighted by Crippen LogP contribution is 2.33. The first kappa shape index (κ1) is 34.4. The first-order valence-electron chi connectivity index (χ1n) is 15.9. The summed E-state index contributed by atoms with van der Waals surface area (Å²) in [4.78, 5) is 36.8. The van der Waals surface area contributed by atoms with Gasteiger partial charge in [-0.15, -0.1) is 0 Å². The molecule has 6 rings (SSSR count). The number of piperidine rings is 2. The van der Waals surface area contributed by atoms with E-state index in [0.717, 1.165) is 29.5 Å². The highest BCUT2D eigenvalue weighted by molar-refractivity contribution is 6.30. The van der Waals surface area contributed by atoms with Crippen molar-refractivity contribution >= 4 is 35.1 Å². The highest BCUT2D eigenvalue weighted by Gasteiger charge is 2.33. The fourth-order valence-electron chi connectivity index (χ4n) is 5.41. The fraction of sp³-hybridized carbons (Fsp3) is 0.300. The summed E-state index contributed by atoms with van der Waals surface area (Å²) in [7, 11) is 0. The number of rotatable bonds is 2. The molecule has 8 heteroatoms. The Morgan fingerprint density at radius 1 is 0.646 bits per heavy atom. The number of anilines is 2. The molecule has 0 spiro atoms. The molecular weight excluding hydrogens is 623 g/mol. The van der Waals surface area contributed by atoms with Crippen LogP contribution in [0.25, 0.3) is 0 Å². The first-order chi connectivity index (χ1) is 22.9. The Morgan fingerprint density at radius 2 is 1.10 bits per heavy atom. The number of nitrogens with zero attached hydrogens (tertiary/aromatic N) is 4. The zero-order valence-electron chi connectivity index (χ0n) is 27.7. The van der Waals surface area contributed by atoms with Gasteiger partial charge in [0.1, 0.15) is 17.5 Å². The number of carbonyl (C=O) groups excluding carboxylic acids is 2. The van der Waals surface area contributed by atoms with Crippen LogP contribution < -0.4 is 9.80 Å². The molecule has 0 atom stereocenters. The van der Waals surface area contributed by atoms with Gasteiger partial charge in [-0.2, -0.15) is 0 Å². The quantitative estimate of drug-likeness (QED) is 0.204. The normalized spacial score (nSPS) is 16.5. The number of amides is 2. The average Bonchev–Trinajstić information content (AvgIpc) is 3.03. The van der Waals surface area contributed by atoms with E-state index in [2.05, 4.69) is 61.3 Å². The Kier molecular flexibility index (Phi) is 10.6. The van der Waals surface area contributed by atoms with Crippen LogP contribution in [-0.4, -0.2) is 34.9 Å². The predicted molar refractivity (Wildman–Crippen MR) is 189 cm³/mol. The Bertz CT molecular complexity index is 1770. The van der Waals surface area contributed by atoms with Gasteiger partial charge in [0.2, 0.25) is 11.8 Å². The molecule has 0 bridgehead atoms. The standard InChI is InChI=1S/C20H19ClN2O.C20H19FN2O/c2*1-20(2)10-11-23(19(24)13-20)18-9-8-16(14-22-18)7-6-15-4-3-5-17(21)12-15/h2*3-5,8-9,12,14H,10-11,13H2,1-2H3. The molecule has 2 aromatic heterocycles. The average molecular weight is 661 g/mol. The van der Waals surface area contributed by atoms with E-state index in [0.29, 0.717) is 48.2 Å². The Balaban J connectivity index is 0.000000188. The van der Waals surface area contributed by atoms with E-state index in [9.17, 15) is 14.0 Å². The number of hydrogen-bond acceptors (Lipinski definition) is 4. The van der Waals surface area contributed by atoms with Gasteiger partial charge in [-0.3, -0.25) is 19.4 Å². The summed E-state index contributed by atoms with van der Waals surface area (Å²) < 4.78 is 13.1. The van der Waals surface area contributed by atoms with Crippen LogP contribution in [-0.2, 0) is 9.59 Å². The van der Waals surface area contributed by atoms with E-state index in [1.165, 1.54) is 12.1 Å². The summed E-state index contributed by atoms with van der Waals surface area (Å²) in [5.74, 6) is 13.3. The topological polar surface area (TPSA) is 66.4 Å². The second-order valence-electron chi connectivity index (χ2n) is 13.6. The van der Waals surface area contributed by atoms with Crippen LogP contribution in [0, 0.1) is 40.3 Å². The van der Waals surface area contributed by atoms with Gasteiger partial charge in [-0.1, -0.05) is 75.1 Å². The smallest absolute Gasteiger partial charge is 0.228 e. The molecule has 48 heavy (non-hydrogen) atoms. The third-order valence-electron chi connectivity index (χ3n) is 8.29. The van der Waals surface area contributed by atoms with E-state index in [-0.39, 0.29) is 28.5 Å². The zero-order chi connectivity index (χ0) is 34.3. The summed E-state index contributed by atoms with van der Waals surface area (Å²) in [6, 6.07) is 21.0. The molecule has 6 nitrogen and oxygen atoms in total. The minimum Gasteiger partial charge on any atom is -0.297 e. The Morgan fingerprint density at radius 3 is 1.52 bits per heavy atom. The fourth-order valence-corrected chi connectivity index (χ4v) is 5.60. The van der Waals surface area contributed by atoms with Gasteiger partial charge in [-0.05, 0) is 84.3 Å². The van der Waals surface area contributed by atoms with Crippen molar-refractivity contribution < 1.29 is 14.0 Å². The van der Waals surface area contributed by atoms with Crippen molar-refractivity contribution in [3.8, 4) is 23.7 Å². The van der Waals surface area contributed by atoms with Crippen LogP contribution in [0.5, 0.6) is 0 Å². The summed E-state index contributed by atoms with van der Waals surface area (Å²) in [5, 5.41) is 0.668. The second kappa shape index (κ2) is 14.8. The van der Waals surface area contributed by atoms with Crippen LogP contribution in [0.4, 0.5) is 16.0 Å². The van der Waals surface area contributed by atoms with Crippen molar-refractivity contribution in [2.75, 3.05) is 22.9 Å². The van der Waals surface area contributed by atoms with E-state index >= 15 is 0 Å². The number of benzene rings is 2. The monoisotopic (exact) mass is 660 g/mol. The third-order valence-corrected chi connectivity index (χ3v) is 8.52. The number of hydrogen-bond donors (Lipinski definition) is 0. The summed E-state index contributed by atoms with van der Waals surface area (Å²) >= 11 is 5.95. The third kappa shape index (κ3) is 9.53. The zero-order valence-corrected chi connectivity index (χ0v) is 28.4. The van der Waals surface area contributed by atoms with Crippen LogP contribution in [0.3, 0.4) is 0 Å². The maximum atomic E-state index is 13.1. The number of pyridine rings is 2. The van der Waals surface area contributed by atoms with E-state index in [4.69, 9.17) is 11.6 Å². The summed E-state index contributed by atoms with van der Waals surface area (Å²) in [5.41, 5.74) is 3.16. The Labute approximate surface area is 287 Å². The van der Waals surface area contributed by atoms with Gasteiger partial charge in [0.25, 0.3) is 0 Å². The molecule has 2 aliphatic heterocycles. The van der Waals surface area contributed by atoms with Crippen LogP contribution in [0.15, 0.2) is 85.2 Å². The molecule has 4 aromatic rings. The molecule has 2 aliphatic rings. The largest absolute Gasteiger partial charge is 0.297 e. The molecule has 0 aliphatic carbocycles. The number of aromatic nitrogens is 2. The van der Waals surface area contributed by atoms with Crippen molar-refractivity contribution in [2.45, 2.75) is 53.4 Å². The molecule has 0 saturated carbocycles. The minimum atomic E-state index is -0.304. The molecule has 2 amide bonds. The van der Waals surface area contributed by atoms with Crippen molar-refractivity contribution in [1.29, 1.82) is 0 Å². The lowest BCUT2D eigenvalue weighted by atomic mass is 9.82. The molecule has 244 valence electrons. The van der Waals surface area contributed by atoms with Gasteiger partial charge < -0.3 is 0 Å². The number of halogens is 2. The molecule has 4 heterocycles. The Hall–Kier alpha value is -4.98. The van der Waals surface area contributed by atoms with Crippen LogP contribution in [0.2, 0.25) is 5.02 Å². The number of carbonyl (C=O) groups is 2. The van der Waals surface area contributed by atoms with Crippen molar-refractivity contribution in [1.82, 2.24) is 9.97 Å². The second-order valence-corrected chi connectivity index (χ2v) is 14.0. The molecule has 0 N–H and O–H groups in total. The van der Waals surface area contributed by atoms with Crippen molar-refractivity contribution in [2.24, 2.45) is 10.8 Å². The van der Waals surface area contributed by atoms with Gasteiger partial charge in [0, 0.05) is 65.6 Å². The molecule has 2 saturated heterocycles. The SMILES string of the molecule is CC1(C)CCN(c2ccc(C#Cc3cccc(Cl)c3)cn2)C(=O)C1.CC1(C)CCN(c2ccc(C#Cc3cccc(F)c3)cn2)C(=O)C1. The minimum absolute atomic E-state index is 0.0595. The van der Waals surface area contributed by atoms with E-state index < -0.39 is 0 Å². The molecular formula is C40H38ClFN4O2. The first-order valence-corrected chi connectivity index (χ1v) is 16.3. The molecule has 0 unspecified atom stereocenters. The predicted octanol–water partition coefficient (Wildman–Crippen LogP) is 8.06. The molecule has 0 radical (unpaired) electrons. The van der Waals surface area contributed by atoms with Gasteiger partial charge in [-0.25, -0.2) is 14.4 Å². The van der Waals surface area contributed by atoms with Gasteiger partial charge >= 0.3 is 0 Å². The highest BCUT2D eigenvalue weighted by atomic mass is 35.5. The maximum Gasteiger partial charge on any atom is 0.228 e. The summed E-state index contributed by atoms with van der Waals surface area (Å²) in [6.07, 6.45) is 6.40. The summed E-state index contributed by atoms with van der Waals surface area (Å²) in [6.45, 7) is 9.88. The van der Waals surface area contributed by atoms with E-state index in [1.807, 2.05) is 48.5 Å². The maximum absolute atomic E-state index is 13.1. The van der Waals surface area contributed by atoms with Crippen LogP contribution >= 0.6 is 11.6 Å². The molecule has 2 aromatic carbocycles. The molecule has 2 fully saturated rings. The van der Waals surface area contributed by atoms with Gasteiger partial charge in [0.15, 0.2) is 0 Å². The van der Waals surface area contributed by atoms with Crippen molar-refractivity contribution in [3.05, 3.63) is 118 Å². The van der Waals surface area contributed by atoms with Crippen molar-refractivity contribution in [3.63, 3.8) is 0 Å². The van der Waals surface area contributed by atoms with Crippen LogP contribution in [0.1, 0.15) is 75.6 Å². The lowest BCUT2D eigenvalue weighted by Gasteiger charge is -2.35. The lowest BCUT2D eigenvalue weighted by Crippen LogP contribution is -2.42. The van der Waals surface area contributed by atoms with E-state index in [1.54, 1.807) is 34.3 Å².